The first-order valence-electron chi connectivity index (χ1n) is 5.46. The highest BCUT2D eigenvalue weighted by Gasteiger charge is 2.52. The summed E-state index contributed by atoms with van der Waals surface area (Å²) in [6.45, 7) is 4.15. The highest BCUT2D eigenvalue weighted by atomic mass is 16.5. The Hall–Kier alpha value is -1.57. The van der Waals surface area contributed by atoms with E-state index in [1.165, 1.54) is 4.90 Å². The van der Waals surface area contributed by atoms with Crippen molar-refractivity contribution in [2.45, 2.75) is 26.7 Å². The van der Waals surface area contributed by atoms with Gasteiger partial charge >= 0.3 is 5.97 Å². The van der Waals surface area contributed by atoms with E-state index in [4.69, 9.17) is 10.00 Å². The van der Waals surface area contributed by atoms with Crippen LogP contribution in [0.25, 0.3) is 0 Å². The molecule has 0 spiro atoms. The molecule has 1 aliphatic carbocycles. The van der Waals surface area contributed by atoms with E-state index in [1.807, 2.05) is 6.07 Å². The summed E-state index contributed by atoms with van der Waals surface area (Å²) in [7, 11) is 0. The monoisotopic (exact) mass is 224 g/mol. The first-order valence-corrected chi connectivity index (χ1v) is 5.46. The van der Waals surface area contributed by atoms with Crippen molar-refractivity contribution in [3.8, 4) is 6.07 Å². The number of rotatable bonds is 5. The van der Waals surface area contributed by atoms with E-state index in [9.17, 15) is 9.59 Å². The Morgan fingerprint density at radius 3 is 2.44 bits per heavy atom. The van der Waals surface area contributed by atoms with Crippen molar-refractivity contribution in [2.24, 2.45) is 5.41 Å². The second-order valence-corrected chi connectivity index (χ2v) is 3.82. The number of carbonyl (C=O) groups excluding carboxylic acids is 2. The Balaban J connectivity index is 2.58. The van der Waals surface area contributed by atoms with E-state index in [0.717, 1.165) is 0 Å². The molecule has 0 heterocycles. The molecule has 0 unspecified atom stereocenters. The number of nitriles is 1. The minimum absolute atomic E-state index is 0.0629. The maximum atomic E-state index is 11.9. The fourth-order valence-electron chi connectivity index (χ4n) is 1.49. The average Bonchev–Trinajstić information content (AvgIpc) is 3.06. The van der Waals surface area contributed by atoms with E-state index in [0.29, 0.717) is 26.0 Å². The van der Waals surface area contributed by atoms with Crippen molar-refractivity contribution >= 4 is 11.9 Å². The molecule has 1 aliphatic rings. The molecule has 0 aromatic carbocycles. The topological polar surface area (TPSA) is 70.4 Å². The van der Waals surface area contributed by atoms with Crippen LogP contribution in [-0.2, 0) is 14.3 Å². The predicted molar refractivity (Wildman–Crippen MR) is 56.2 cm³/mol. The summed E-state index contributed by atoms with van der Waals surface area (Å²) in [5, 5.41) is 8.90. The zero-order valence-electron chi connectivity index (χ0n) is 9.65. The third-order valence-electron chi connectivity index (χ3n) is 2.67. The van der Waals surface area contributed by atoms with Crippen LogP contribution < -0.4 is 0 Å². The van der Waals surface area contributed by atoms with Crippen molar-refractivity contribution in [1.82, 2.24) is 4.90 Å². The van der Waals surface area contributed by atoms with E-state index < -0.39 is 11.4 Å². The standard InChI is InChI=1S/C11H16N2O3/c1-3-13(7-9(14)16-4-2)10(15)11(8-12)5-6-11/h3-7H2,1-2H3. The van der Waals surface area contributed by atoms with Gasteiger partial charge in [-0.1, -0.05) is 0 Å². The molecule has 1 amide bonds. The van der Waals surface area contributed by atoms with Crippen molar-refractivity contribution < 1.29 is 14.3 Å². The molecule has 0 bridgehead atoms. The minimum atomic E-state index is -0.859. The van der Waals surface area contributed by atoms with Crippen molar-refractivity contribution in [3.63, 3.8) is 0 Å². The van der Waals surface area contributed by atoms with Gasteiger partial charge in [0.1, 0.15) is 12.0 Å². The predicted octanol–water partition coefficient (Wildman–Crippen LogP) is 0.702. The molecule has 0 N–H and O–H groups in total. The van der Waals surface area contributed by atoms with Gasteiger partial charge in [0.2, 0.25) is 5.91 Å². The van der Waals surface area contributed by atoms with Crippen molar-refractivity contribution in [2.75, 3.05) is 19.7 Å². The second kappa shape index (κ2) is 4.97. The van der Waals surface area contributed by atoms with E-state index >= 15 is 0 Å². The van der Waals surface area contributed by atoms with Crippen LogP contribution in [0, 0.1) is 16.7 Å². The maximum absolute atomic E-state index is 11.9. The molecule has 5 nitrogen and oxygen atoms in total. The molecule has 0 radical (unpaired) electrons. The highest BCUT2D eigenvalue weighted by Crippen LogP contribution is 2.46. The second-order valence-electron chi connectivity index (χ2n) is 3.82. The molecule has 16 heavy (non-hydrogen) atoms. The number of esters is 1. The largest absolute Gasteiger partial charge is 0.465 e. The van der Waals surface area contributed by atoms with Crippen LogP contribution in [0.3, 0.4) is 0 Å². The molecule has 88 valence electrons. The Kier molecular flexibility index (Phi) is 3.88. The summed E-state index contributed by atoms with van der Waals surface area (Å²) >= 11 is 0. The highest BCUT2D eigenvalue weighted by molar-refractivity contribution is 5.90. The molecule has 0 atom stereocenters. The van der Waals surface area contributed by atoms with Crippen LogP contribution >= 0.6 is 0 Å². The molecule has 0 aromatic heterocycles. The quantitative estimate of drug-likeness (QED) is 0.644. The Morgan fingerprint density at radius 1 is 1.44 bits per heavy atom. The van der Waals surface area contributed by atoms with Gasteiger partial charge in [-0.3, -0.25) is 9.59 Å². The number of hydrogen-bond donors (Lipinski definition) is 0. The molecule has 0 aromatic rings. The number of carbonyl (C=O) groups is 2. The molecule has 0 aliphatic heterocycles. The van der Waals surface area contributed by atoms with E-state index in [2.05, 4.69) is 0 Å². The zero-order valence-corrected chi connectivity index (χ0v) is 9.65. The lowest BCUT2D eigenvalue weighted by molar-refractivity contribution is -0.150. The Morgan fingerprint density at radius 2 is 2.06 bits per heavy atom. The summed E-state index contributed by atoms with van der Waals surface area (Å²) in [4.78, 5) is 24.6. The molecule has 0 saturated heterocycles. The van der Waals surface area contributed by atoms with Gasteiger partial charge in [-0.25, -0.2) is 0 Å². The number of likely N-dealkylation sites (N-methyl/N-ethyl adjacent to an activating group) is 1. The lowest BCUT2D eigenvalue weighted by Gasteiger charge is -2.21. The number of ether oxygens (including phenoxy) is 1. The summed E-state index contributed by atoms with van der Waals surface area (Å²) < 4.78 is 4.78. The number of hydrogen-bond acceptors (Lipinski definition) is 4. The summed E-state index contributed by atoms with van der Waals surface area (Å²) in [6.07, 6.45) is 1.20. The Labute approximate surface area is 95.0 Å². The molecule has 1 rings (SSSR count). The fourth-order valence-corrected chi connectivity index (χ4v) is 1.49. The molecular formula is C11H16N2O3. The first kappa shape index (κ1) is 12.5. The van der Waals surface area contributed by atoms with Crippen LogP contribution in [0.4, 0.5) is 0 Å². The van der Waals surface area contributed by atoms with Gasteiger partial charge < -0.3 is 9.64 Å². The first-order chi connectivity index (χ1) is 7.59. The number of nitrogens with zero attached hydrogens (tertiary/aromatic N) is 2. The summed E-state index contributed by atoms with van der Waals surface area (Å²) in [6, 6.07) is 2.03. The van der Waals surface area contributed by atoms with E-state index in [-0.39, 0.29) is 12.5 Å². The normalized spacial score (nSPS) is 16.1. The molecule has 1 saturated carbocycles. The molecule has 5 heteroatoms. The Bertz CT molecular complexity index is 329. The van der Waals surface area contributed by atoms with Crippen LogP contribution in [0.2, 0.25) is 0 Å². The van der Waals surface area contributed by atoms with Gasteiger partial charge in [0, 0.05) is 6.54 Å². The molecule has 1 fully saturated rings. The van der Waals surface area contributed by atoms with Crippen LogP contribution in [-0.4, -0.2) is 36.5 Å². The minimum Gasteiger partial charge on any atom is -0.465 e. The fraction of sp³-hybridized carbons (Fsp3) is 0.727. The van der Waals surface area contributed by atoms with Gasteiger partial charge in [0.25, 0.3) is 0 Å². The van der Waals surface area contributed by atoms with Gasteiger partial charge in [0.05, 0.1) is 12.7 Å². The summed E-state index contributed by atoms with van der Waals surface area (Å²) in [5.74, 6) is -0.669. The zero-order chi connectivity index (χ0) is 12.2. The van der Waals surface area contributed by atoms with Crippen molar-refractivity contribution in [3.05, 3.63) is 0 Å². The van der Waals surface area contributed by atoms with Gasteiger partial charge in [-0.2, -0.15) is 5.26 Å². The number of amides is 1. The average molecular weight is 224 g/mol. The summed E-state index contributed by atoms with van der Waals surface area (Å²) in [5.41, 5.74) is -0.859. The lowest BCUT2D eigenvalue weighted by atomic mass is 10.1. The van der Waals surface area contributed by atoms with Crippen molar-refractivity contribution in [1.29, 1.82) is 5.26 Å². The van der Waals surface area contributed by atoms with Gasteiger partial charge in [0.15, 0.2) is 0 Å². The maximum Gasteiger partial charge on any atom is 0.325 e. The van der Waals surface area contributed by atoms with Gasteiger partial charge in [-0.05, 0) is 26.7 Å². The SMILES string of the molecule is CCOC(=O)CN(CC)C(=O)C1(C#N)CC1. The van der Waals surface area contributed by atoms with Crippen LogP contribution in [0.5, 0.6) is 0 Å². The lowest BCUT2D eigenvalue weighted by Crippen LogP contribution is -2.40. The third kappa shape index (κ3) is 2.51. The smallest absolute Gasteiger partial charge is 0.325 e. The van der Waals surface area contributed by atoms with E-state index in [1.54, 1.807) is 13.8 Å². The molecular weight excluding hydrogens is 208 g/mol. The van der Waals surface area contributed by atoms with Gasteiger partial charge in [-0.15, -0.1) is 0 Å². The third-order valence-corrected chi connectivity index (χ3v) is 2.67. The van der Waals surface area contributed by atoms with Crippen LogP contribution in [0.15, 0.2) is 0 Å². The van der Waals surface area contributed by atoms with Crippen LogP contribution in [0.1, 0.15) is 26.7 Å².